The number of carbonyl (C=O) groups excluding carboxylic acids is 1. The minimum Gasteiger partial charge on any atom is -0.480 e. The normalized spacial score (nSPS) is 12.8. The number of hydrogen-bond donors (Lipinski definition) is 2. The van der Waals surface area contributed by atoms with Crippen molar-refractivity contribution in [1.29, 1.82) is 0 Å². The molecule has 2 aromatic heterocycles. The Balaban J connectivity index is 2.04. The molecule has 0 aliphatic carbocycles. The molecule has 136 valence electrons. The fraction of sp³-hybridized carbons (Fsp3) is 0.471. The topological polar surface area (TPSA) is 88.5 Å². The number of carboxylic acids is 1. The lowest BCUT2D eigenvalue weighted by Crippen LogP contribution is -2.42. The molecule has 0 radical (unpaired) electrons. The molecule has 2 heterocycles. The van der Waals surface area contributed by atoms with Crippen LogP contribution in [-0.2, 0) is 9.53 Å². The van der Waals surface area contributed by atoms with Gasteiger partial charge < -0.3 is 15.2 Å². The molecule has 0 aromatic carbocycles. The van der Waals surface area contributed by atoms with Crippen molar-refractivity contribution >= 4 is 34.6 Å². The highest BCUT2D eigenvalue weighted by atomic mass is 32.1. The lowest BCUT2D eigenvalue weighted by molar-refractivity contribution is -0.140. The van der Waals surface area contributed by atoms with E-state index in [1.165, 1.54) is 11.3 Å². The molecule has 0 fully saturated rings. The molecule has 1 amide bonds. The number of rotatable bonds is 7. The maximum absolute atomic E-state index is 12.5. The number of aliphatic carboxylic acids is 1. The summed E-state index contributed by atoms with van der Waals surface area (Å²) in [5.41, 5.74) is 0.248. The summed E-state index contributed by atoms with van der Waals surface area (Å²) in [5, 5.41) is 14.6. The third kappa shape index (κ3) is 5.62. The van der Waals surface area contributed by atoms with E-state index < -0.39 is 17.9 Å². The lowest BCUT2D eigenvalue weighted by atomic mass is 10.1. The number of carboxylic acid groups (broad SMARTS) is 1. The zero-order valence-electron chi connectivity index (χ0n) is 14.7. The van der Waals surface area contributed by atoms with Crippen molar-refractivity contribution in [2.24, 2.45) is 0 Å². The molecule has 0 aliphatic heterocycles. The minimum atomic E-state index is -1.08. The molecule has 6 nitrogen and oxygen atoms in total. The number of aromatic nitrogens is 1. The summed E-state index contributed by atoms with van der Waals surface area (Å²) in [7, 11) is 0. The van der Waals surface area contributed by atoms with Crippen LogP contribution in [0, 0.1) is 6.92 Å². The van der Waals surface area contributed by atoms with Crippen molar-refractivity contribution in [3.05, 3.63) is 28.1 Å². The standard InChI is InChI=1S/C17H22N2O4S2/c1-10-13(25-15(18-10)12-6-5-9-24-12)14(20)19-11(16(21)22)7-8-23-17(2,3)4/h5-6,9,11H,7-8H2,1-4H3,(H,19,20)(H,21,22). The van der Waals surface area contributed by atoms with Crippen LogP contribution in [-0.4, -0.2) is 40.2 Å². The van der Waals surface area contributed by atoms with Crippen molar-refractivity contribution in [3.63, 3.8) is 0 Å². The van der Waals surface area contributed by atoms with E-state index in [1.54, 1.807) is 18.3 Å². The quantitative estimate of drug-likeness (QED) is 0.764. The van der Waals surface area contributed by atoms with Gasteiger partial charge in [-0.05, 0) is 39.1 Å². The van der Waals surface area contributed by atoms with Gasteiger partial charge in [0.15, 0.2) is 0 Å². The van der Waals surface area contributed by atoms with E-state index in [9.17, 15) is 14.7 Å². The van der Waals surface area contributed by atoms with Crippen LogP contribution in [0.5, 0.6) is 0 Å². The first kappa shape index (κ1) is 19.6. The highest BCUT2D eigenvalue weighted by Crippen LogP contribution is 2.31. The van der Waals surface area contributed by atoms with Crippen LogP contribution >= 0.6 is 22.7 Å². The summed E-state index contributed by atoms with van der Waals surface area (Å²) in [4.78, 5) is 29.7. The molecule has 0 saturated heterocycles. The van der Waals surface area contributed by atoms with E-state index in [0.717, 1.165) is 9.88 Å². The van der Waals surface area contributed by atoms with E-state index in [-0.39, 0.29) is 18.6 Å². The molecule has 1 atom stereocenters. The van der Waals surface area contributed by atoms with Gasteiger partial charge in [0.1, 0.15) is 15.9 Å². The largest absolute Gasteiger partial charge is 0.480 e. The highest BCUT2D eigenvalue weighted by molar-refractivity contribution is 7.22. The van der Waals surface area contributed by atoms with Gasteiger partial charge in [0.05, 0.1) is 16.2 Å². The van der Waals surface area contributed by atoms with Gasteiger partial charge in [0.25, 0.3) is 5.91 Å². The average Bonchev–Trinajstić information content (AvgIpc) is 3.13. The van der Waals surface area contributed by atoms with Gasteiger partial charge >= 0.3 is 5.97 Å². The molecule has 25 heavy (non-hydrogen) atoms. The number of amides is 1. The molecule has 1 unspecified atom stereocenters. The van der Waals surface area contributed by atoms with Gasteiger partial charge in [-0.2, -0.15) is 0 Å². The van der Waals surface area contributed by atoms with Crippen LogP contribution in [0.15, 0.2) is 17.5 Å². The third-order valence-corrected chi connectivity index (χ3v) is 5.48. The summed E-state index contributed by atoms with van der Waals surface area (Å²) in [5.74, 6) is -1.49. The summed E-state index contributed by atoms with van der Waals surface area (Å²) in [6.07, 6.45) is 0.202. The molecular formula is C17H22N2O4S2. The molecule has 2 N–H and O–H groups in total. The summed E-state index contributed by atoms with van der Waals surface area (Å²) in [6.45, 7) is 7.69. The molecular weight excluding hydrogens is 360 g/mol. The Labute approximate surface area is 154 Å². The van der Waals surface area contributed by atoms with E-state index in [4.69, 9.17) is 4.74 Å². The van der Waals surface area contributed by atoms with Crippen LogP contribution in [0.2, 0.25) is 0 Å². The number of aryl methyl sites for hydroxylation is 1. The SMILES string of the molecule is Cc1nc(-c2cccs2)sc1C(=O)NC(CCOC(C)(C)C)C(=O)O. The number of hydrogen-bond acceptors (Lipinski definition) is 6. The Kier molecular flexibility index (Phi) is 6.31. The van der Waals surface area contributed by atoms with Crippen molar-refractivity contribution in [1.82, 2.24) is 10.3 Å². The average molecular weight is 383 g/mol. The zero-order chi connectivity index (χ0) is 18.6. The van der Waals surface area contributed by atoms with E-state index in [1.807, 2.05) is 38.3 Å². The number of carbonyl (C=O) groups is 2. The van der Waals surface area contributed by atoms with Crippen LogP contribution in [0.3, 0.4) is 0 Å². The molecule has 0 bridgehead atoms. The molecule has 0 spiro atoms. The number of nitrogens with zero attached hydrogens (tertiary/aromatic N) is 1. The summed E-state index contributed by atoms with van der Waals surface area (Å²) in [6, 6.07) is 2.86. The van der Waals surface area contributed by atoms with Crippen LogP contribution in [0.4, 0.5) is 0 Å². The lowest BCUT2D eigenvalue weighted by Gasteiger charge is -2.21. The predicted molar refractivity (Wildman–Crippen MR) is 99.4 cm³/mol. The molecule has 0 aliphatic rings. The number of ether oxygens (including phenoxy) is 1. The molecule has 2 aromatic rings. The van der Waals surface area contributed by atoms with Crippen LogP contribution < -0.4 is 5.32 Å². The smallest absolute Gasteiger partial charge is 0.326 e. The Morgan fingerprint density at radius 1 is 1.40 bits per heavy atom. The van der Waals surface area contributed by atoms with Crippen molar-refractivity contribution in [2.75, 3.05) is 6.61 Å². The first-order valence-electron chi connectivity index (χ1n) is 7.86. The number of thiophene rings is 1. The van der Waals surface area contributed by atoms with Crippen molar-refractivity contribution in [3.8, 4) is 9.88 Å². The second-order valence-corrected chi connectivity index (χ2v) is 8.47. The Morgan fingerprint density at radius 2 is 2.12 bits per heavy atom. The first-order chi connectivity index (χ1) is 11.7. The van der Waals surface area contributed by atoms with Gasteiger partial charge in [-0.1, -0.05) is 6.07 Å². The fourth-order valence-electron chi connectivity index (χ4n) is 2.08. The van der Waals surface area contributed by atoms with Gasteiger partial charge in [-0.25, -0.2) is 9.78 Å². The third-order valence-electron chi connectivity index (χ3n) is 3.28. The van der Waals surface area contributed by atoms with Crippen LogP contribution in [0.1, 0.15) is 42.6 Å². The second kappa shape index (κ2) is 8.07. The van der Waals surface area contributed by atoms with Gasteiger partial charge in [-0.15, -0.1) is 22.7 Å². The van der Waals surface area contributed by atoms with Crippen molar-refractivity contribution < 1.29 is 19.4 Å². The summed E-state index contributed by atoms with van der Waals surface area (Å²) < 4.78 is 5.55. The van der Waals surface area contributed by atoms with Gasteiger partial charge in [-0.3, -0.25) is 4.79 Å². The maximum atomic E-state index is 12.5. The van der Waals surface area contributed by atoms with Crippen LogP contribution in [0.25, 0.3) is 9.88 Å². The van der Waals surface area contributed by atoms with E-state index in [0.29, 0.717) is 10.6 Å². The number of nitrogens with one attached hydrogen (secondary N) is 1. The second-order valence-electron chi connectivity index (χ2n) is 6.52. The Hall–Kier alpha value is -1.77. The fourth-order valence-corrected chi connectivity index (χ4v) is 3.84. The highest BCUT2D eigenvalue weighted by Gasteiger charge is 2.24. The maximum Gasteiger partial charge on any atom is 0.326 e. The van der Waals surface area contributed by atoms with Gasteiger partial charge in [0.2, 0.25) is 0 Å². The van der Waals surface area contributed by atoms with E-state index >= 15 is 0 Å². The zero-order valence-corrected chi connectivity index (χ0v) is 16.3. The van der Waals surface area contributed by atoms with E-state index in [2.05, 4.69) is 10.3 Å². The predicted octanol–water partition coefficient (Wildman–Crippen LogP) is 3.57. The first-order valence-corrected chi connectivity index (χ1v) is 9.56. The Bertz CT molecular complexity index is 732. The molecule has 8 heteroatoms. The summed E-state index contributed by atoms with van der Waals surface area (Å²) >= 11 is 2.82. The number of thiazole rings is 1. The molecule has 0 saturated carbocycles. The Morgan fingerprint density at radius 3 is 2.68 bits per heavy atom. The van der Waals surface area contributed by atoms with Gasteiger partial charge in [0, 0.05) is 13.0 Å². The monoisotopic (exact) mass is 382 g/mol. The van der Waals surface area contributed by atoms with Crippen molar-refractivity contribution in [2.45, 2.75) is 45.8 Å². The minimum absolute atomic E-state index is 0.202. The molecule has 2 rings (SSSR count).